The lowest BCUT2D eigenvalue weighted by molar-refractivity contribution is 0.000975. The van der Waals surface area contributed by atoms with Crippen molar-refractivity contribution in [2.24, 2.45) is 5.92 Å². The van der Waals surface area contributed by atoms with Gasteiger partial charge in [-0.1, -0.05) is 24.3 Å². The second-order valence-corrected chi connectivity index (χ2v) is 12.1. The Morgan fingerprint density at radius 2 is 1.68 bits per heavy atom. The first-order valence-corrected chi connectivity index (χ1v) is 13.6. The maximum absolute atomic E-state index is 13.1. The van der Waals surface area contributed by atoms with Gasteiger partial charge in [-0.05, 0) is 77.0 Å². The topological polar surface area (TPSA) is 79.3 Å². The highest BCUT2D eigenvalue weighted by Crippen LogP contribution is 2.53. The van der Waals surface area contributed by atoms with Crippen LogP contribution in [0.1, 0.15) is 80.3 Å². The largest absolute Gasteiger partial charge is 0.457 e. The van der Waals surface area contributed by atoms with E-state index in [9.17, 15) is 14.7 Å². The van der Waals surface area contributed by atoms with Crippen molar-refractivity contribution in [1.29, 1.82) is 0 Å². The molecule has 7 heteroatoms. The summed E-state index contributed by atoms with van der Waals surface area (Å²) in [4.78, 5) is 29.8. The van der Waals surface area contributed by atoms with Crippen LogP contribution in [0.25, 0.3) is 0 Å². The highest BCUT2D eigenvalue weighted by Gasteiger charge is 2.48. The van der Waals surface area contributed by atoms with Crippen LogP contribution < -0.4 is 4.74 Å². The van der Waals surface area contributed by atoms with Crippen molar-refractivity contribution in [1.82, 2.24) is 9.80 Å². The van der Waals surface area contributed by atoms with E-state index in [1.54, 1.807) is 4.90 Å². The summed E-state index contributed by atoms with van der Waals surface area (Å²) >= 11 is 0. The van der Waals surface area contributed by atoms with Gasteiger partial charge < -0.3 is 24.4 Å². The summed E-state index contributed by atoms with van der Waals surface area (Å²) in [5.41, 5.74) is 2.36. The summed E-state index contributed by atoms with van der Waals surface area (Å²) in [5.74, 6) is 2.00. The Morgan fingerprint density at radius 1 is 0.973 bits per heavy atom. The number of piperidine rings is 1. The van der Waals surface area contributed by atoms with E-state index in [-0.39, 0.29) is 30.0 Å². The van der Waals surface area contributed by atoms with Crippen molar-refractivity contribution in [2.75, 3.05) is 13.1 Å². The zero-order chi connectivity index (χ0) is 25.9. The number of hydrogen-bond donors (Lipinski definition) is 1. The lowest BCUT2D eigenvalue weighted by Crippen LogP contribution is -2.49. The van der Waals surface area contributed by atoms with Gasteiger partial charge in [0, 0.05) is 47.8 Å². The summed E-state index contributed by atoms with van der Waals surface area (Å²) in [6, 6.07) is 14.4. The smallest absolute Gasteiger partial charge is 0.410 e. The normalized spacial score (nSPS) is 28.4. The minimum atomic E-state index is -0.506. The first-order chi connectivity index (χ1) is 17.7. The quantitative estimate of drug-likeness (QED) is 0.600. The number of ether oxygens (including phenoxy) is 2. The van der Waals surface area contributed by atoms with Gasteiger partial charge in [0.2, 0.25) is 0 Å². The van der Waals surface area contributed by atoms with Crippen molar-refractivity contribution in [3.8, 4) is 11.5 Å². The van der Waals surface area contributed by atoms with Crippen LogP contribution in [0.3, 0.4) is 0 Å². The Balaban J connectivity index is 1.29. The third kappa shape index (κ3) is 4.48. The third-order valence-electron chi connectivity index (χ3n) is 8.37. The molecule has 4 atom stereocenters. The number of para-hydroxylation sites is 1. The summed E-state index contributed by atoms with van der Waals surface area (Å²) in [7, 11) is 0. The average Bonchev–Trinajstić information content (AvgIpc) is 3.40. The highest BCUT2D eigenvalue weighted by atomic mass is 16.6. The van der Waals surface area contributed by atoms with Crippen molar-refractivity contribution in [3.63, 3.8) is 0 Å². The first-order valence-electron chi connectivity index (χ1n) is 13.6. The molecule has 6 rings (SSSR count). The van der Waals surface area contributed by atoms with E-state index in [1.807, 2.05) is 49.9 Å². The number of β-amino-alcohol motifs (C(OH)–C–C–N with tert-alkyl or cyclic N) is 1. The number of carbonyl (C=O) groups is 2. The fourth-order valence-corrected chi connectivity index (χ4v) is 6.85. The number of hydrogen-bond acceptors (Lipinski definition) is 5. The number of aliphatic hydroxyl groups excluding tert-OH is 1. The van der Waals surface area contributed by atoms with Crippen molar-refractivity contribution in [2.45, 2.75) is 82.6 Å². The molecule has 2 bridgehead atoms. The van der Waals surface area contributed by atoms with Crippen LogP contribution in [0.2, 0.25) is 0 Å². The van der Waals surface area contributed by atoms with E-state index >= 15 is 0 Å². The Kier molecular flexibility index (Phi) is 5.94. The van der Waals surface area contributed by atoms with Gasteiger partial charge >= 0.3 is 6.09 Å². The molecule has 3 fully saturated rings. The first kappa shape index (κ1) is 24.3. The molecular weight excluding hydrogens is 468 g/mol. The van der Waals surface area contributed by atoms with Crippen LogP contribution >= 0.6 is 0 Å². The highest BCUT2D eigenvalue weighted by molar-refractivity contribution is 5.95. The number of fused-ring (bicyclic) bond motifs is 4. The van der Waals surface area contributed by atoms with Crippen molar-refractivity contribution < 1.29 is 24.2 Å². The van der Waals surface area contributed by atoms with Crippen LogP contribution in [0, 0.1) is 5.92 Å². The Morgan fingerprint density at radius 3 is 2.35 bits per heavy atom. The number of carbonyl (C=O) groups excluding carboxylic acids is 2. The molecule has 4 aliphatic heterocycles. The van der Waals surface area contributed by atoms with Crippen molar-refractivity contribution >= 4 is 12.0 Å². The SMILES string of the molecule is CC(C)(C)OC(=O)N1C2CCC1CC(C1c3ccccc3Oc3cc(C(=O)N4CCC(O)C4)ccc31)C2. The van der Waals surface area contributed by atoms with Gasteiger partial charge in [-0.3, -0.25) is 4.79 Å². The van der Waals surface area contributed by atoms with Crippen LogP contribution in [0.15, 0.2) is 42.5 Å². The Labute approximate surface area is 218 Å². The lowest BCUT2D eigenvalue weighted by atomic mass is 9.72. The molecule has 37 heavy (non-hydrogen) atoms. The lowest BCUT2D eigenvalue weighted by Gasteiger charge is -2.43. The summed E-state index contributed by atoms with van der Waals surface area (Å²) in [5, 5.41) is 9.88. The number of amides is 2. The number of rotatable bonds is 2. The van der Waals surface area contributed by atoms with Gasteiger partial charge in [0.15, 0.2) is 0 Å². The van der Waals surface area contributed by atoms with Gasteiger partial charge in [0.1, 0.15) is 17.1 Å². The van der Waals surface area contributed by atoms with E-state index < -0.39 is 11.7 Å². The molecule has 0 radical (unpaired) electrons. The monoisotopic (exact) mass is 504 g/mol. The predicted octanol–water partition coefficient (Wildman–Crippen LogP) is 5.31. The Bertz CT molecular complexity index is 1210. The van der Waals surface area contributed by atoms with E-state index in [2.05, 4.69) is 18.2 Å². The predicted molar refractivity (Wildman–Crippen MR) is 139 cm³/mol. The minimum Gasteiger partial charge on any atom is -0.457 e. The second-order valence-electron chi connectivity index (χ2n) is 12.1. The standard InChI is InChI=1S/C30H36N2O5/c1-30(2,3)37-29(35)32-20-9-10-21(32)15-19(14-20)27-23-6-4-5-7-25(23)36-26-16-18(8-11-24(26)27)28(34)31-13-12-22(33)17-31/h4-8,11,16,19-22,27,33H,9-10,12-15,17H2,1-3H3. The minimum absolute atomic E-state index is 0.0675. The third-order valence-corrected chi connectivity index (χ3v) is 8.37. The maximum Gasteiger partial charge on any atom is 0.410 e. The van der Waals surface area contributed by atoms with Crippen LogP contribution in [-0.2, 0) is 4.74 Å². The molecule has 1 N–H and O–H groups in total. The molecule has 0 saturated carbocycles. The van der Waals surface area contributed by atoms with Crippen LogP contribution in [-0.4, -0.2) is 63.8 Å². The van der Waals surface area contributed by atoms with E-state index in [0.717, 1.165) is 42.7 Å². The van der Waals surface area contributed by atoms with Gasteiger partial charge in [0.25, 0.3) is 5.91 Å². The zero-order valence-corrected chi connectivity index (χ0v) is 21.9. The zero-order valence-electron chi connectivity index (χ0n) is 21.9. The number of aliphatic hydroxyl groups is 1. The van der Waals surface area contributed by atoms with Gasteiger partial charge in [-0.15, -0.1) is 0 Å². The van der Waals surface area contributed by atoms with Crippen molar-refractivity contribution in [3.05, 3.63) is 59.2 Å². The molecule has 7 nitrogen and oxygen atoms in total. The number of nitrogens with zero attached hydrogens (tertiary/aromatic N) is 2. The fraction of sp³-hybridized carbons (Fsp3) is 0.533. The molecule has 0 aromatic heterocycles. The van der Waals surface area contributed by atoms with Gasteiger partial charge in [0.05, 0.1) is 6.10 Å². The molecular formula is C30H36N2O5. The molecule has 2 amide bonds. The molecule has 2 aromatic carbocycles. The van der Waals surface area contributed by atoms with Gasteiger partial charge in [-0.2, -0.15) is 0 Å². The van der Waals surface area contributed by atoms with Crippen LogP contribution in [0.4, 0.5) is 4.79 Å². The summed E-state index contributed by atoms with van der Waals surface area (Å²) < 4.78 is 12.1. The maximum atomic E-state index is 13.1. The molecule has 0 spiro atoms. The van der Waals surface area contributed by atoms with E-state index in [1.165, 1.54) is 5.56 Å². The van der Waals surface area contributed by atoms with E-state index in [0.29, 0.717) is 31.0 Å². The summed E-state index contributed by atoms with van der Waals surface area (Å²) in [6.07, 6.45) is 3.83. The summed E-state index contributed by atoms with van der Waals surface area (Å²) in [6.45, 7) is 6.70. The number of benzene rings is 2. The average molecular weight is 505 g/mol. The molecule has 3 saturated heterocycles. The molecule has 4 unspecified atom stereocenters. The molecule has 4 heterocycles. The fourth-order valence-electron chi connectivity index (χ4n) is 6.85. The molecule has 196 valence electrons. The molecule has 2 aromatic rings. The van der Waals surface area contributed by atoms with E-state index in [4.69, 9.17) is 9.47 Å². The number of likely N-dealkylation sites (tertiary alicyclic amines) is 1. The Hall–Kier alpha value is -3.06. The molecule has 0 aliphatic carbocycles. The molecule has 4 aliphatic rings. The second kappa shape index (κ2) is 9.05. The van der Waals surface area contributed by atoms with Crippen LogP contribution in [0.5, 0.6) is 11.5 Å². The van der Waals surface area contributed by atoms with Gasteiger partial charge in [-0.25, -0.2) is 4.79 Å².